The molecule has 0 bridgehead atoms. The van der Waals surface area contributed by atoms with E-state index in [4.69, 9.17) is 9.41 Å². The maximum atomic E-state index is 6.34. The Balaban J connectivity index is 1.26. The number of fused-ring (bicyclic) bond motifs is 4. The van der Waals surface area contributed by atoms with Crippen molar-refractivity contribution in [3.63, 3.8) is 0 Å². The quantitative estimate of drug-likeness (QED) is 0.180. The second-order valence-electron chi connectivity index (χ2n) is 12.4. The molecule has 2 unspecified atom stereocenters. The molecule has 1 aromatic heterocycles. The van der Waals surface area contributed by atoms with Gasteiger partial charge in [-0.25, -0.2) is 4.99 Å². The monoisotopic (exact) mass is 631 g/mol. The van der Waals surface area contributed by atoms with Gasteiger partial charge in [-0.15, -0.1) is 0 Å². The van der Waals surface area contributed by atoms with Gasteiger partial charge in [0.05, 0.1) is 0 Å². The first-order valence-corrected chi connectivity index (χ1v) is 16.7. The van der Waals surface area contributed by atoms with E-state index in [2.05, 4.69) is 174 Å². The molecular weight excluding hydrogens is 599 g/mol. The Labute approximate surface area is 285 Å². The van der Waals surface area contributed by atoms with E-state index in [-0.39, 0.29) is 12.3 Å². The molecule has 2 N–H and O–H groups in total. The van der Waals surface area contributed by atoms with Crippen molar-refractivity contribution in [2.75, 3.05) is 0 Å². The molecule has 0 aliphatic carbocycles. The third-order valence-electron chi connectivity index (χ3n) is 9.37. The summed E-state index contributed by atoms with van der Waals surface area (Å²) in [5.41, 5.74) is 9.52. The van der Waals surface area contributed by atoms with Crippen molar-refractivity contribution >= 4 is 49.7 Å². The Hall–Kier alpha value is -6.23. The number of nitrogens with one attached hydrogen (secondary N) is 2. The van der Waals surface area contributed by atoms with E-state index in [1.54, 1.807) is 0 Å². The highest BCUT2D eigenvalue weighted by atomic mass is 16.3. The average Bonchev–Trinajstić information content (AvgIpc) is 3.55. The topological polar surface area (TPSA) is 49.6 Å². The van der Waals surface area contributed by atoms with E-state index in [0.29, 0.717) is 0 Å². The first-order chi connectivity index (χ1) is 24.3. The van der Waals surface area contributed by atoms with Gasteiger partial charge >= 0.3 is 0 Å². The van der Waals surface area contributed by atoms with Crippen LogP contribution in [0.3, 0.4) is 0 Å². The third-order valence-corrected chi connectivity index (χ3v) is 9.37. The molecule has 234 valence electrons. The number of furan rings is 1. The van der Waals surface area contributed by atoms with Gasteiger partial charge in [-0.3, -0.25) is 5.32 Å². The fourth-order valence-electron chi connectivity index (χ4n) is 7.03. The molecule has 8 aromatic rings. The summed E-state index contributed by atoms with van der Waals surface area (Å²) in [7, 11) is 0. The molecule has 1 aliphatic rings. The molecule has 0 radical (unpaired) electrons. The largest absolute Gasteiger partial charge is 0.456 e. The second-order valence-corrected chi connectivity index (χ2v) is 12.4. The summed E-state index contributed by atoms with van der Waals surface area (Å²) in [6.45, 7) is 0. The number of benzene rings is 7. The first kappa shape index (κ1) is 29.0. The smallest absolute Gasteiger partial charge is 0.135 e. The standard InChI is InChI=1S/C45H33N3O/c1-4-15-31(16-5-1)41(32-17-6-2-7-18-32)42(33-19-8-3-9-20-33)45-47-43(35-25-24-30-14-10-11-21-34(30)28-35)46-44(48-45)36-26-27-38-37-22-12-13-23-39(37)49-40(38)29-36/h1-29,44-45,48H,(H,46,47). The lowest BCUT2D eigenvalue weighted by atomic mass is 9.87. The molecule has 0 fully saturated rings. The van der Waals surface area contributed by atoms with Crippen molar-refractivity contribution in [2.45, 2.75) is 12.3 Å². The van der Waals surface area contributed by atoms with Crippen LogP contribution in [0.4, 0.5) is 0 Å². The number of aliphatic imine (C=N–C) groups is 1. The fourth-order valence-corrected chi connectivity index (χ4v) is 7.03. The summed E-state index contributed by atoms with van der Waals surface area (Å²) in [5.74, 6) is 0.832. The van der Waals surface area contributed by atoms with E-state index in [1.807, 2.05) is 12.1 Å². The maximum Gasteiger partial charge on any atom is 0.135 e. The second kappa shape index (κ2) is 12.4. The molecule has 0 spiro atoms. The van der Waals surface area contributed by atoms with Gasteiger partial charge in [-0.1, -0.05) is 158 Å². The number of hydrogen-bond acceptors (Lipinski definition) is 4. The lowest BCUT2D eigenvalue weighted by Gasteiger charge is -2.35. The molecule has 7 aromatic carbocycles. The SMILES string of the molecule is c1ccc(C(=C(c2ccccc2)C2NC(c3ccc4ccccc4c3)=NC(c3ccc4c(c3)oc3ccccc34)N2)c2ccccc2)cc1. The molecule has 4 heteroatoms. The Morgan fingerprint density at radius 2 is 1.12 bits per heavy atom. The number of nitrogens with zero attached hydrogens (tertiary/aromatic N) is 1. The molecule has 9 rings (SSSR count). The van der Waals surface area contributed by atoms with Gasteiger partial charge < -0.3 is 9.73 Å². The molecular formula is C45H33N3O. The van der Waals surface area contributed by atoms with Crippen molar-refractivity contribution < 1.29 is 4.42 Å². The van der Waals surface area contributed by atoms with Crippen molar-refractivity contribution in [3.8, 4) is 0 Å². The van der Waals surface area contributed by atoms with Gasteiger partial charge in [-0.2, -0.15) is 0 Å². The Bertz CT molecular complexity index is 2460. The average molecular weight is 632 g/mol. The summed E-state index contributed by atoms with van der Waals surface area (Å²) in [6, 6.07) is 61.7. The number of para-hydroxylation sites is 1. The van der Waals surface area contributed by atoms with Crippen LogP contribution < -0.4 is 10.6 Å². The van der Waals surface area contributed by atoms with Gasteiger partial charge in [0.2, 0.25) is 0 Å². The summed E-state index contributed by atoms with van der Waals surface area (Å²) in [6.07, 6.45) is -0.648. The number of amidine groups is 1. The summed E-state index contributed by atoms with van der Waals surface area (Å²) >= 11 is 0. The van der Waals surface area contributed by atoms with Crippen LogP contribution in [-0.2, 0) is 0 Å². The van der Waals surface area contributed by atoms with E-state index >= 15 is 0 Å². The fraction of sp³-hybridized carbons (Fsp3) is 0.0444. The highest BCUT2D eigenvalue weighted by Gasteiger charge is 2.30. The molecule has 0 saturated carbocycles. The van der Waals surface area contributed by atoms with E-state index in [1.165, 1.54) is 10.8 Å². The summed E-state index contributed by atoms with van der Waals surface area (Å²) in [4.78, 5) is 5.35. The van der Waals surface area contributed by atoms with Gasteiger partial charge in [0.15, 0.2) is 0 Å². The van der Waals surface area contributed by atoms with Gasteiger partial charge in [0.1, 0.15) is 29.3 Å². The van der Waals surface area contributed by atoms with Crippen LogP contribution in [0.2, 0.25) is 0 Å². The highest BCUT2D eigenvalue weighted by Crippen LogP contribution is 2.37. The van der Waals surface area contributed by atoms with Crippen LogP contribution in [0, 0.1) is 0 Å². The maximum absolute atomic E-state index is 6.34. The van der Waals surface area contributed by atoms with E-state index < -0.39 is 0 Å². The number of rotatable bonds is 6. The molecule has 4 nitrogen and oxygen atoms in total. The van der Waals surface area contributed by atoms with Crippen LogP contribution in [0.5, 0.6) is 0 Å². The van der Waals surface area contributed by atoms with Crippen molar-refractivity contribution in [1.29, 1.82) is 0 Å². The van der Waals surface area contributed by atoms with Crippen molar-refractivity contribution in [3.05, 3.63) is 204 Å². The predicted molar refractivity (Wildman–Crippen MR) is 202 cm³/mol. The summed E-state index contributed by atoms with van der Waals surface area (Å²) < 4.78 is 6.34. The molecule has 2 heterocycles. The van der Waals surface area contributed by atoms with Crippen molar-refractivity contribution in [1.82, 2.24) is 10.6 Å². The third kappa shape index (κ3) is 5.48. The number of hydrogen-bond donors (Lipinski definition) is 2. The lowest BCUT2D eigenvalue weighted by Crippen LogP contribution is -2.52. The molecule has 49 heavy (non-hydrogen) atoms. The van der Waals surface area contributed by atoms with Crippen LogP contribution >= 0.6 is 0 Å². The highest BCUT2D eigenvalue weighted by molar-refractivity contribution is 6.07. The van der Waals surface area contributed by atoms with E-state index in [9.17, 15) is 0 Å². The molecule has 0 saturated heterocycles. The van der Waals surface area contributed by atoms with Crippen molar-refractivity contribution in [2.24, 2.45) is 4.99 Å². The zero-order valence-corrected chi connectivity index (χ0v) is 26.8. The first-order valence-electron chi connectivity index (χ1n) is 16.7. The molecule has 0 amide bonds. The van der Waals surface area contributed by atoms with E-state index in [0.717, 1.165) is 66.7 Å². The minimum atomic E-state index is -0.350. The zero-order chi connectivity index (χ0) is 32.6. The molecule has 2 atom stereocenters. The molecule has 1 aliphatic heterocycles. The van der Waals surface area contributed by atoms with Gasteiger partial charge in [0.25, 0.3) is 0 Å². The van der Waals surface area contributed by atoms with Gasteiger partial charge in [-0.05, 0) is 56.8 Å². The Morgan fingerprint density at radius 3 is 1.86 bits per heavy atom. The van der Waals surface area contributed by atoms with Crippen LogP contribution in [0.25, 0.3) is 43.9 Å². The van der Waals surface area contributed by atoms with Crippen LogP contribution in [-0.4, -0.2) is 12.0 Å². The lowest BCUT2D eigenvalue weighted by molar-refractivity contribution is 0.460. The summed E-state index contributed by atoms with van der Waals surface area (Å²) in [5, 5.41) is 12.4. The predicted octanol–water partition coefficient (Wildman–Crippen LogP) is 10.4. The zero-order valence-electron chi connectivity index (χ0n) is 26.8. The Kier molecular flexibility index (Phi) is 7.34. The minimum Gasteiger partial charge on any atom is -0.456 e. The van der Waals surface area contributed by atoms with Crippen LogP contribution in [0.15, 0.2) is 185 Å². The minimum absolute atomic E-state index is 0.298. The normalized spacial score (nSPS) is 16.0. The van der Waals surface area contributed by atoms with Gasteiger partial charge in [0, 0.05) is 21.9 Å². The Morgan fingerprint density at radius 1 is 0.510 bits per heavy atom. The van der Waals surface area contributed by atoms with Crippen LogP contribution in [0.1, 0.15) is 34.0 Å².